The van der Waals surface area contributed by atoms with Crippen LogP contribution in [-0.4, -0.2) is 29.7 Å². The standard InChI is InChI=1S/C18H17N3O5/c1-20(2)17(23)25-13-6-7-14-15(9-13)26-18(24)21(16(14)22)10-11-4-3-5-12(19)8-11/h3-9H,10,19H2,1-2H3. The molecule has 0 fully saturated rings. The molecule has 134 valence electrons. The molecule has 2 N–H and O–H groups in total. The molecular formula is C18H17N3O5. The first kappa shape index (κ1) is 17.3. The lowest BCUT2D eigenvalue weighted by Gasteiger charge is -2.11. The number of aromatic nitrogens is 1. The number of rotatable bonds is 3. The Hall–Kier alpha value is -3.55. The van der Waals surface area contributed by atoms with Gasteiger partial charge in [0.25, 0.3) is 5.56 Å². The maximum atomic E-state index is 12.6. The number of nitrogen functional groups attached to an aromatic ring is 1. The number of hydrogen-bond donors (Lipinski definition) is 1. The number of benzene rings is 2. The molecule has 0 radical (unpaired) electrons. The highest BCUT2D eigenvalue weighted by molar-refractivity contribution is 5.78. The number of carbonyl (C=O) groups is 1. The maximum Gasteiger partial charge on any atom is 0.422 e. The number of anilines is 1. The Morgan fingerprint density at radius 3 is 2.65 bits per heavy atom. The van der Waals surface area contributed by atoms with E-state index < -0.39 is 17.4 Å². The Morgan fingerprint density at radius 1 is 1.19 bits per heavy atom. The van der Waals surface area contributed by atoms with Crippen LogP contribution < -0.4 is 21.8 Å². The van der Waals surface area contributed by atoms with E-state index in [1.54, 1.807) is 38.4 Å². The van der Waals surface area contributed by atoms with E-state index in [0.717, 1.165) is 4.57 Å². The van der Waals surface area contributed by atoms with E-state index >= 15 is 0 Å². The van der Waals surface area contributed by atoms with Gasteiger partial charge in [0, 0.05) is 25.8 Å². The van der Waals surface area contributed by atoms with Crippen LogP contribution in [0.4, 0.5) is 10.5 Å². The fraction of sp³-hybridized carbons (Fsp3) is 0.167. The molecule has 3 aromatic rings. The molecule has 3 rings (SSSR count). The second kappa shape index (κ2) is 6.75. The monoisotopic (exact) mass is 355 g/mol. The lowest BCUT2D eigenvalue weighted by molar-refractivity contribution is 0.172. The largest absolute Gasteiger partial charge is 0.422 e. The van der Waals surface area contributed by atoms with Crippen molar-refractivity contribution in [3.63, 3.8) is 0 Å². The zero-order valence-electron chi connectivity index (χ0n) is 14.3. The van der Waals surface area contributed by atoms with Crippen LogP contribution in [-0.2, 0) is 6.54 Å². The summed E-state index contributed by atoms with van der Waals surface area (Å²) in [6, 6.07) is 11.2. The third-order valence-electron chi connectivity index (χ3n) is 3.71. The van der Waals surface area contributed by atoms with Gasteiger partial charge in [-0.15, -0.1) is 0 Å². The van der Waals surface area contributed by atoms with Gasteiger partial charge in [-0.05, 0) is 29.8 Å². The van der Waals surface area contributed by atoms with Crippen molar-refractivity contribution in [3.05, 3.63) is 68.9 Å². The molecule has 0 aliphatic heterocycles. The second-order valence-electron chi connectivity index (χ2n) is 5.92. The van der Waals surface area contributed by atoms with Gasteiger partial charge in [-0.1, -0.05) is 12.1 Å². The van der Waals surface area contributed by atoms with Crippen LogP contribution in [0.1, 0.15) is 5.56 Å². The van der Waals surface area contributed by atoms with Gasteiger partial charge in [0.1, 0.15) is 11.3 Å². The van der Waals surface area contributed by atoms with Gasteiger partial charge in [-0.3, -0.25) is 4.79 Å². The number of hydrogen-bond acceptors (Lipinski definition) is 6. The van der Waals surface area contributed by atoms with Crippen LogP contribution in [0.25, 0.3) is 11.0 Å². The molecule has 0 spiro atoms. The van der Waals surface area contributed by atoms with Crippen molar-refractivity contribution in [1.82, 2.24) is 9.47 Å². The van der Waals surface area contributed by atoms with Crippen LogP contribution in [0.5, 0.6) is 5.75 Å². The minimum absolute atomic E-state index is 0.0412. The lowest BCUT2D eigenvalue weighted by Crippen LogP contribution is -2.33. The lowest BCUT2D eigenvalue weighted by atomic mass is 10.2. The zero-order valence-corrected chi connectivity index (χ0v) is 14.3. The van der Waals surface area contributed by atoms with Crippen molar-refractivity contribution < 1.29 is 13.9 Å². The molecule has 0 aliphatic rings. The predicted molar refractivity (Wildman–Crippen MR) is 96.4 cm³/mol. The summed E-state index contributed by atoms with van der Waals surface area (Å²) in [5.74, 6) is -0.631. The van der Waals surface area contributed by atoms with Crippen LogP contribution >= 0.6 is 0 Å². The summed E-state index contributed by atoms with van der Waals surface area (Å²) in [5.41, 5.74) is 6.51. The Morgan fingerprint density at radius 2 is 1.96 bits per heavy atom. The summed E-state index contributed by atoms with van der Waals surface area (Å²) in [7, 11) is 3.08. The van der Waals surface area contributed by atoms with Crippen molar-refractivity contribution in [2.45, 2.75) is 6.54 Å². The molecule has 1 aromatic heterocycles. The van der Waals surface area contributed by atoms with E-state index in [2.05, 4.69) is 0 Å². The second-order valence-corrected chi connectivity index (χ2v) is 5.92. The minimum Gasteiger partial charge on any atom is -0.410 e. The summed E-state index contributed by atoms with van der Waals surface area (Å²) in [6.45, 7) is 0.0412. The molecule has 1 heterocycles. The average molecular weight is 355 g/mol. The summed E-state index contributed by atoms with van der Waals surface area (Å²) in [6.07, 6.45) is -0.582. The quantitative estimate of drug-likeness (QED) is 0.716. The summed E-state index contributed by atoms with van der Waals surface area (Å²) in [5, 5.41) is 0.207. The molecule has 26 heavy (non-hydrogen) atoms. The molecule has 0 saturated heterocycles. The Kier molecular flexibility index (Phi) is 4.49. The topological polar surface area (TPSA) is 108 Å². The summed E-state index contributed by atoms with van der Waals surface area (Å²) in [4.78, 5) is 37.7. The third kappa shape index (κ3) is 3.44. The van der Waals surface area contributed by atoms with Crippen LogP contribution in [0.3, 0.4) is 0 Å². The third-order valence-corrected chi connectivity index (χ3v) is 3.71. The zero-order chi connectivity index (χ0) is 18.8. The Balaban J connectivity index is 2.01. The molecule has 0 bridgehead atoms. The number of fused-ring (bicyclic) bond motifs is 1. The molecule has 0 saturated carbocycles. The first-order chi connectivity index (χ1) is 12.3. The van der Waals surface area contributed by atoms with E-state index in [9.17, 15) is 14.4 Å². The van der Waals surface area contributed by atoms with Crippen molar-refractivity contribution >= 4 is 22.7 Å². The van der Waals surface area contributed by atoms with Gasteiger partial charge in [0.05, 0.1) is 11.9 Å². The SMILES string of the molecule is CN(C)C(=O)Oc1ccc2c(=O)n(Cc3cccc(N)c3)c(=O)oc2c1. The van der Waals surface area contributed by atoms with Gasteiger partial charge < -0.3 is 19.8 Å². The Bertz CT molecular complexity index is 1100. The van der Waals surface area contributed by atoms with E-state index in [0.29, 0.717) is 11.3 Å². The highest BCUT2D eigenvalue weighted by Crippen LogP contribution is 2.18. The first-order valence-corrected chi connectivity index (χ1v) is 7.76. The van der Waals surface area contributed by atoms with Crippen molar-refractivity contribution in [3.8, 4) is 5.75 Å². The highest BCUT2D eigenvalue weighted by Gasteiger charge is 2.13. The van der Waals surface area contributed by atoms with E-state index in [4.69, 9.17) is 14.9 Å². The van der Waals surface area contributed by atoms with Crippen molar-refractivity contribution in [2.75, 3.05) is 19.8 Å². The van der Waals surface area contributed by atoms with Gasteiger partial charge >= 0.3 is 11.8 Å². The number of amides is 1. The summed E-state index contributed by atoms with van der Waals surface area (Å²) >= 11 is 0. The molecular weight excluding hydrogens is 338 g/mol. The van der Waals surface area contributed by atoms with Gasteiger partial charge in [-0.2, -0.15) is 0 Å². The molecule has 1 amide bonds. The normalized spacial score (nSPS) is 10.7. The van der Waals surface area contributed by atoms with Gasteiger partial charge in [-0.25, -0.2) is 14.2 Å². The minimum atomic E-state index is -0.805. The molecule has 0 aliphatic carbocycles. The molecule has 0 atom stereocenters. The van der Waals surface area contributed by atoms with E-state index in [1.807, 2.05) is 0 Å². The molecule has 2 aromatic carbocycles. The van der Waals surface area contributed by atoms with E-state index in [1.165, 1.54) is 23.1 Å². The van der Waals surface area contributed by atoms with Crippen molar-refractivity contribution in [2.24, 2.45) is 0 Å². The molecule has 8 nitrogen and oxygen atoms in total. The first-order valence-electron chi connectivity index (χ1n) is 7.76. The molecule has 8 heteroatoms. The predicted octanol–water partition coefficient (Wildman–Crippen LogP) is 1.65. The van der Waals surface area contributed by atoms with Crippen molar-refractivity contribution in [1.29, 1.82) is 0 Å². The van der Waals surface area contributed by atoms with Crippen LogP contribution in [0.2, 0.25) is 0 Å². The fourth-order valence-electron chi connectivity index (χ4n) is 2.41. The number of carbonyl (C=O) groups excluding carboxylic acids is 1. The number of nitrogens with two attached hydrogens (primary N) is 1. The Labute approximate surface area is 148 Å². The number of ether oxygens (including phenoxy) is 1. The van der Waals surface area contributed by atoms with Gasteiger partial charge in [0.15, 0.2) is 0 Å². The fourth-order valence-corrected chi connectivity index (χ4v) is 2.41. The average Bonchev–Trinajstić information content (AvgIpc) is 2.58. The van der Waals surface area contributed by atoms with Gasteiger partial charge in [0.2, 0.25) is 0 Å². The smallest absolute Gasteiger partial charge is 0.410 e. The van der Waals surface area contributed by atoms with E-state index in [-0.39, 0.29) is 23.3 Å². The van der Waals surface area contributed by atoms with Crippen LogP contribution in [0.15, 0.2) is 56.5 Å². The van der Waals surface area contributed by atoms with Crippen LogP contribution in [0, 0.1) is 0 Å². The maximum absolute atomic E-state index is 12.6. The summed E-state index contributed by atoms with van der Waals surface area (Å²) < 4.78 is 11.3. The number of nitrogens with zero attached hydrogens (tertiary/aromatic N) is 2. The highest BCUT2D eigenvalue weighted by atomic mass is 16.6. The molecule has 0 unspecified atom stereocenters.